The van der Waals surface area contributed by atoms with Crippen molar-refractivity contribution in [1.82, 2.24) is 30.1 Å². The quantitative estimate of drug-likeness (QED) is 0.304. The summed E-state index contributed by atoms with van der Waals surface area (Å²) in [4.78, 5) is 18.7. The molecule has 1 aliphatic carbocycles. The van der Waals surface area contributed by atoms with Crippen LogP contribution < -0.4 is 5.56 Å². The second-order valence-corrected chi connectivity index (χ2v) is 10.5. The molecule has 5 rings (SSSR count). The number of pyridine rings is 1. The number of fused-ring (bicyclic) bond motifs is 1. The van der Waals surface area contributed by atoms with Gasteiger partial charge in [-0.25, -0.2) is 4.68 Å². The Morgan fingerprint density at radius 3 is 2.49 bits per heavy atom. The molecule has 1 N–H and O–H groups in total. The molecule has 7 heteroatoms. The normalized spacial score (nSPS) is 15.5. The number of nitrogens with zero attached hydrogens (tertiary/aromatic N) is 5. The molecule has 2 aromatic heterocycles. The van der Waals surface area contributed by atoms with Gasteiger partial charge in [-0.15, -0.1) is 5.10 Å². The molecular formula is C30H38N6O. The molecule has 2 heterocycles. The summed E-state index contributed by atoms with van der Waals surface area (Å²) in [5.74, 6) is 0.909. The van der Waals surface area contributed by atoms with Crippen molar-refractivity contribution in [3.05, 3.63) is 87.0 Å². The molecule has 1 fully saturated rings. The number of aromatic nitrogens is 5. The van der Waals surface area contributed by atoms with E-state index in [1.54, 1.807) is 0 Å². The number of nitrogens with one attached hydrogen (secondary N) is 1. The highest BCUT2D eigenvalue weighted by Gasteiger charge is 2.29. The third-order valence-corrected chi connectivity index (χ3v) is 7.84. The number of H-pyrrole nitrogens is 1. The van der Waals surface area contributed by atoms with Crippen molar-refractivity contribution in [3.63, 3.8) is 0 Å². The van der Waals surface area contributed by atoms with Crippen LogP contribution in [0, 0.1) is 6.92 Å². The van der Waals surface area contributed by atoms with E-state index >= 15 is 0 Å². The fourth-order valence-electron chi connectivity index (χ4n) is 5.67. The van der Waals surface area contributed by atoms with Crippen molar-refractivity contribution in [3.8, 4) is 0 Å². The molecule has 1 saturated carbocycles. The molecule has 194 valence electrons. The first-order valence-electron chi connectivity index (χ1n) is 13.8. The van der Waals surface area contributed by atoms with E-state index in [2.05, 4.69) is 93.3 Å². The zero-order valence-electron chi connectivity index (χ0n) is 22.3. The summed E-state index contributed by atoms with van der Waals surface area (Å²) < 4.78 is 2.08. The highest BCUT2D eigenvalue weighted by molar-refractivity contribution is 5.79. The van der Waals surface area contributed by atoms with Crippen molar-refractivity contribution in [2.24, 2.45) is 0 Å². The van der Waals surface area contributed by atoms with Crippen LogP contribution in [0.1, 0.15) is 92.5 Å². The van der Waals surface area contributed by atoms with Gasteiger partial charge in [0, 0.05) is 24.2 Å². The Balaban J connectivity index is 1.52. The molecule has 0 saturated heterocycles. The molecule has 37 heavy (non-hydrogen) atoms. The van der Waals surface area contributed by atoms with Crippen molar-refractivity contribution in [2.75, 3.05) is 0 Å². The topological polar surface area (TPSA) is 79.7 Å². The molecule has 7 nitrogen and oxygen atoms in total. The Bertz CT molecular complexity index is 1380. The second kappa shape index (κ2) is 11.4. The average molecular weight is 499 g/mol. The minimum atomic E-state index is -0.0348. The summed E-state index contributed by atoms with van der Waals surface area (Å²) >= 11 is 0. The Kier molecular flexibility index (Phi) is 7.79. The van der Waals surface area contributed by atoms with Gasteiger partial charge < -0.3 is 4.98 Å². The molecule has 0 amide bonds. The van der Waals surface area contributed by atoms with Crippen LogP contribution in [0.3, 0.4) is 0 Å². The Morgan fingerprint density at radius 1 is 1.00 bits per heavy atom. The summed E-state index contributed by atoms with van der Waals surface area (Å²) in [6, 6.07) is 17.3. The lowest BCUT2D eigenvalue weighted by molar-refractivity contribution is 0.155. The van der Waals surface area contributed by atoms with Crippen LogP contribution in [0.2, 0.25) is 0 Å². The van der Waals surface area contributed by atoms with Crippen molar-refractivity contribution < 1.29 is 0 Å². The molecule has 0 bridgehead atoms. The van der Waals surface area contributed by atoms with Crippen molar-refractivity contribution >= 4 is 10.9 Å². The average Bonchev–Trinajstić information content (AvgIpc) is 3.40. The number of hydrogen-bond donors (Lipinski definition) is 1. The maximum absolute atomic E-state index is 13.2. The standard InChI is InChI=1S/C30H38N6O/c1-4-22-15-16-27-24(17-22)18-25(30(37)31-27)20-35(19-23-13-11-21(3)12-14-23)28(5-2)29-32-33-34-36(29)26-9-7-6-8-10-26/h11-18,26,28H,4-10,19-20H2,1-3H3,(H,31,37). The monoisotopic (exact) mass is 498 g/mol. The van der Waals surface area contributed by atoms with E-state index in [1.807, 2.05) is 6.07 Å². The highest BCUT2D eigenvalue weighted by atomic mass is 16.1. The summed E-state index contributed by atoms with van der Waals surface area (Å²) in [6.45, 7) is 7.67. The fourth-order valence-corrected chi connectivity index (χ4v) is 5.67. The molecule has 4 aromatic rings. The number of tetrazole rings is 1. The van der Waals surface area contributed by atoms with E-state index in [0.29, 0.717) is 19.1 Å². The molecule has 1 atom stereocenters. The van der Waals surface area contributed by atoms with Crippen LogP contribution >= 0.6 is 0 Å². The number of rotatable bonds is 9. The zero-order chi connectivity index (χ0) is 25.8. The van der Waals surface area contributed by atoms with Crippen LogP contribution in [0.4, 0.5) is 0 Å². The smallest absolute Gasteiger partial charge is 0.252 e. The molecule has 0 aliphatic heterocycles. The molecule has 1 unspecified atom stereocenters. The minimum Gasteiger partial charge on any atom is -0.322 e. The van der Waals surface area contributed by atoms with E-state index in [0.717, 1.165) is 48.0 Å². The SMILES string of the molecule is CCc1ccc2[nH]c(=O)c(CN(Cc3ccc(C)cc3)C(CC)c3nnnn3C3CCCCC3)cc2c1. The first kappa shape index (κ1) is 25.3. The lowest BCUT2D eigenvalue weighted by Gasteiger charge is -2.32. The van der Waals surface area contributed by atoms with E-state index in [1.165, 1.54) is 36.0 Å². The number of aromatic amines is 1. The molecule has 1 aliphatic rings. The van der Waals surface area contributed by atoms with Gasteiger partial charge in [0.1, 0.15) is 0 Å². The summed E-state index contributed by atoms with van der Waals surface area (Å²) in [6.07, 6.45) is 7.79. The lowest BCUT2D eigenvalue weighted by Crippen LogP contribution is -2.33. The first-order valence-corrected chi connectivity index (χ1v) is 13.8. The second-order valence-electron chi connectivity index (χ2n) is 10.5. The molecule has 0 radical (unpaired) electrons. The van der Waals surface area contributed by atoms with Gasteiger partial charge in [0.15, 0.2) is 5.82 Å². The lowest BCUT2D eigenvalue weighted by atomic mass is 9.95. The van der Waals surface area contributed by atoms with Gasteiger partial charge in [-0.2, -0.15) is 0 Å². The van der Waals surface area contributed by atoms with E-state index in [-0.39, 0.29) is 11.6 Å². The third-order valence-electron chi connectivity index (χ3n) is 7.84. The van der Waals surface area contributed by atoms with Gasteiger partial charge in [0.05, 0.1) is 12.1 Å². The predicted octanol–water partition coefficient (Wildman–Crippen LogP) is 6.04. The molecule has 0 spiro atoms. The highest BCUT2D eigenvalue weighted by Crippen LogP contribution is 2.32. The van der Waals surface area contributed by atoms with Crippen LogP contribution in [0.15, 0.2) is 53.3 Å². The van der Waals surface area contributed by atoms with Gasteiger partial charge >= 0.3 is 0 Å². The van der Waals surface area contributed by atoms with Crippen molar-refractivity contribution in [1.29, 1.82) is 0 Å². The summed E-state index contributed by atoms with van der Waals surface area (Å²) in [7, 11) is 0. The Labute approximate surface area is 218 Å². The zero-order valence-corrected chi connectivity index (χ0v) is 22.3. The predicted molar refractivity (Wildman–Crippen MR) is 147 cm³/mol. The van der Waals surface area contributed by atoms with Crippen LogP contribution in [-0.2, 0) is 19.5 Å². The van der Waals surface area contributed by atoms with E-state index in [9.17, 15) is 4.79 Å². The van der Waals surface area contributed by atoms with Crippen LogP contribution in [0.5, 0.6) is 0 Å². The maximum atomic E-state index is 13.2. The van der Waals surface area contributed by atoms with Gasteiger partial charge in [-0.05, 0) is 77.7 Å². The van der Waals surface area contributed by atoms with Crippen molar-refractivity contribution in [2.45, 2.75) is 90.9 Å². The van der Waals surface area contributed by atoms with Gasteiger partial charge in [-0.3, -0.25) is 9.69 Å². The minimum absolute atomic E-state index is 0.00435. The largest absolute Gasteiger partial charge is 0.322 e. The summed E-state index contributed by atoms with van der Waals surface area (Å²) in [5.41, 5.74) is 5.33. The number of hydrogen-bond acceptors (Lipinski definition) is 5. The molecular weight excluding hydrogens is 460 g/mol. The molecule has 2 aromatic carbocycles. The first-order chi connectivity index (χ1) is 18.1. The number of benzene rings is 2. The van der Waals surface area contributed by atoms with E-state index in [4.69, 9.17) is 0 Å². The Hall–Kier alpha value is -3.32. The van der Waals surface area contributed by atoms with Gasteiger partial charge in [-0.1, -0.05) is 69.0 Å². The Morgan fingerprint density at radius 2 is 1.76 bits per heavy atom. The van der Waals surface area contributed by atoms with E-state index < -0.39 is 0 Å². The van der Waals surface area contributed by atoms with Crippen LogP contribution in [-0.4, -0.2) is 30.1 Å². The third kappa shape index (κ3) is 5.67. The van der Waals surface area contributed by atoms with Crippen LogP contribution in [0.25, 0.3) is 10.9 Å². The van der Waals surface area contributed by atoms with Gasteiger partial charge in [0.2, 0.25) is 0 Å². The fraction of sp³-hybridized carbons (Fsp3) is 0.467. The number of aryl methyl sites for hydroxylation is 2. The maximum Gasteiger partial charge on any atom is 0.252 e. The van der Waals surface area contributed by atoms with Gasteiger partial charge in [0.25, 0.3) is 5.56 Å². The summed E-state index contributed by atoms with van der Waals surface area (Å²) in [5, 5.41) is 14.2.